The predicted molar refractivity (Wildman–Crippen MR) is 101 cm³/mol. The van der Waals surface area contributed by atoms with E-state index in [4.69, 9.17) is 16.3 Å². The summed E-state index contributed by atoms with van der Waals surface area (Å²) in [5, 5.41) is 10.9. The van der Waals surface area contributed by atoms with E-state index >= 15 is 0 Å². The summed E-state index contributed by atoms with van der Waals surface area (Å²) in [6.45, 7) is 0. The van der Waals surface area contributed by atoms with Crippen molar-refractivity contribution in [2.75, 3.05) is 7.11 Å². The Balaban J connectivity index is 1.76. The highest BCUT2D eigenvalue weighted by atomic mass is 35.5. The number of aromatic amines is 1. The number of H-pyrrole nitrogens is 1. The summed E-state index contributed by atoms with van der Waals surface area (Å²) in [6.07, 6.45) is 4.69. The van der Waals surface area contributed by atoms with Gasteiger partial charge in [-0.15, -0.1) is 11.3 Å². The Morgan fingerprint density at radius 1 is 1.44 bits per heavy atom. The van der Waals surface area contributed by atoms with E-state index in [0.717, 1.165) is 29.7 Å². The lowest BCUT2D eigenvalue weighted by Gasteiger charge is -2.04. The first-order valence-electron chi connectivity index (χ1n) is 7.86. The molecule has 25 heavy (non-hydrogen) atoms. The number of nitrogens with zero attached hydrogens (tertiary/aromatic N) is 1. The van der Waals surface area contributed by atoms with Crippen molar-refractivity contribution in [1.82, 2.24) is 9.97 Å². The van der Waals surface area contributed by atoms with Crippen molar-refractivity contribution in [2.24, 2.45) is 0 Å². The number of ether oxygens (including phenoxy) is 1. The molecule has 0 bridgehead atoms. The molecular weight excluding hydrogens is 360 g/mol. The molecule has 1 aliphatic carbocycles. The Hall–Kier alpha value is -2.31. The fourth-order valence-electron chi connectivity index (χ4n) is 3.13. The molecule has 0 fully saturated rings. The van der Waals surface area contributed by atoms with Gasteiger partial charge >= 0.3 is 0 Å². The molecular formula is C18H15ClN2O3S. The number of phenols is 1. The number of rotatable bonds is 3. The van der Waals surface area contributed by atoms with E-state index in [0.29, 0.717) is 27.6 Å². The zero-order valence-corrected chi connectivity index (χ0v) is 15.0. The minimum Gasteiger partial charge on any atom is -0.504 e. The van der Waals surface area contributed by atoms with Crippen LogP contribution in [0.5, 0.6) is 11.5 Å². The summed E-state index contributed by atoms with van der Waals surface area (Å²) in [4.78, 5) is 21.8. The number of benzene rings is 1. The van der Waals surface area contributed by atoms with E-state index in [1.54, 1.807) is 29.5 Å². The molecule has 2 aromatic heterocycles. The number of aromatic hydroxyl groups is 1. The van der Waals surface area contributed by atoms with Crippen LogP contribution in [0.3, 0.4) is 0 Å². The second-order valence-electron chi connectivity index (χ2n) is 5.88. The van der Waals surface area contributed by atoms with Gasteiger partial charge in [-0.25, -0.2) is 4.98 Å². The highest BCUT2D eigenvalue weighted by Gasteiger charge is 2.21. The average Bonchev–Trinajstić information content (AvgIpc) is 3.15. The maximum absolute atomic E-state index is 12.5. The molecule has 0 aliphatic heterocycles. The fraction of sp³-hybridized carbons (Fsp3) is 0.222. The van der Waals surface area contributed by atoms with Crippen LogP contribution in [0.2, 0.25) is 0 Å². The van der Waals surface area contributed by atoms with Crippen molar-refractivity contribution < 1.29 is 9.84 Å². The molecule has 1 aliphatic rings. The van der Waals surface area contributed by atoms with Gasteiger partial charge in [0.2, 0.25) is 0 Å². The highest BCUT2D eigenvalue weighted by molar-refractivity contribution is 7.18. The molecule has 128 valence electrons. The van der Waals surface area contributed by atoms with E-state index in [-0.39, 0.29) is 11.3 Å². The number of nitrogens with one attached hydrogen (secondary N) is 1. The maximum Gasteiger partial charge on any atom is 0.260 e. The SMILES string of the molecule is COc1ccc(/C=C(\Cl)c2nc3sc4c(c3c(=O)[nH]2)CCC4)cc1O. The standard InChI is InChI=1S/C18H15ClN2O3S/c1-24-13-6-5-9(8-12(13)22)7-11(19)16-20-17(23)15-10-3-2-4-14(10)25-18(15)21-16/h5-8,22H,2-4H2,1H3,(H,20,21,23)/b11-7-. The third-order valence-electron chi connectivity index (χ3n) is 4.30. The van der Waals surface area contributed by atoms with Crippen molar-refractivity contribution in [2.45, 2.75) is 19.3 Å². The Labute approximate surface area is 152 Å². The van der Waals surface area contributed by atoms with Gasteiger partial charge in [0, 0.05) is 4.88 Å². The second kappa shape index (κ2) is 6.20. The molecule has 7 heteroatoms. The molecule has 0 unspecified atom stereocenters. The first-order valence-corrected chi connectivity index (χ1v) is 9.05. The van der Waals surface area contributed by atoms with Crippen molar-refractivity contribution >= 4 is 44.3 Å². The number of hydrogen-bond acceptors (Lipinski definition) is 5. The number of thiophene rings is 1. The lowest BCUT2D eigenvalue weighted by atomic mass is 10.2. The van der Waals surface area contributed by atoms with Crippen LogP contribution in [-0.4, -0.2) is 22.2 Å². The summed E-state index contributed by atoms with van der Waals surface area (Å²) < 4.78 is 5.02. The highest BCUT2D eigenvalue weighted by Crippen LogP contribution is 2.35. The number of aromatic nitrogens is 2. The largest absolute Gasteiger partial charge is 0.504 e. The predicted octanol–water partition coefficient (Wildman–Crippen LogP) is 3.92. The van der Waals surface area contributed by atoms with Gasteiger partial charge in [-0.3, -0.25) is 4.79 Å². The fourth-order valence-corrected chi connectivity index (χ4v) is 4.60. The zero-order chi connectivity index (χ0) is 17.6. The molecule has 5 nitrogen and oxygen atoms in total. The van der Waals surface area contributed by atoms with E-state index in [1.165, 1.54) is 18.1 Å². The van der Waals surface area contributed by atoms with Crippen LogP contribution >= 0.6 is 22.9 Å². The summed E-state index contributed by atoms with van der Waals surface area (Å²) in [6, 6.07) is 4.95. The van der Waals surface area contributed by atoms with Gasteiger partial charge in [0.05, 0.1) is 17.5 Å². The summed E-state index contributed by atoms with van der Waals surface area (Å²) >= 11 is 7.93. The smallest absolute Gasteiger partial charge is 0.260 e. The molecule has 0 spiro atoms. The topological polar surface area (TPSA) is 75.2 Å². The molecule has 3 aromatic rings. The third kappa shape index (κ3) is 2.81. The summed E-state index contributed by atoms with van der Waals surface area (Å²) in [5.41, 5.74) is 1.67. The van der Waals surface area contributed by atoms with E-state index in [2.05, 4.69) is 9.97 Å². The van der Waals surface area contributed by atoms with Crippen LogP contribution in [0.15, 0.2) is 23.0 Å². The van der Waals surface area contributed by atoms with E-state index < -0.39 is 0 Å². The number of aryl methyl sites for hydroxylation is 2. The monoisotopic (exact) mass is 374 g/mol. The number of fused-ring (bicyclic) bond motifs is 3. The van der Waals surface area contributed by atoms with Crippen LogP contribution in [0.4, 0.5) is 0 Å². The van der Waals surface area contributed by atoms with Crippen LogP contribution in [0.25, 0.3) is 21.3 Å². The van der Waals surface area contributed by atoms with Gasteiger partial charge in [-0.1, -0.05) is 17.7 Å². The number of methoxy groups -OCH3 is 1. The second-order valence-corrected chi connectivity index (χ2v) is 7.37. The van der Waals surface area contributed by atoms with E-state index in [9.17, 15) is 9.90 Å². The van der Waals surface area contributed by atoms with Gasteiger partial charge in [0.15, 0.2) is 17.3 Å². The molecule has 0 saturated heterocycles. The summed E-state index contributed by atoms with van der Waals surface area (Å²) in [5.74, 6) is 0.732. The first kappa shape index (κ1) is 16.2. The van der Waals surface area contributed by atoms with E-state index in [1.807, 2.05) is 0 Å². The van der Waals surface area contributed by atoms with Crippen molar-refractivity contribution in [3.05, 3.63) is 50.4 Å². The molecule has 1 aromatic carbocycles. The van der Waals surface area contributed by atoms with Crippen LogP contribution < -0.4 is 10.3 Å². The van der Waals surface area contributed by atoms with Gasteiger partial charge < -0.3 is 14.8 Å². The normalized spacial score (nSPS) is 14.1. The molecule has 2 heterocycles. The number of phenolic OH excluding ortho intramolecular Hbond substituents is 1. The van der Waals surface area contributed by atoms with Crippen molar-refractivity contribution in [3.63, 3.8) is 0 Å². The summed E-state index contributed by atoms with van der Waals surface area (Å²) in [7, 11) is 1.49. The van der Waals surface area contributed by atoms with Crippen LogP contribution in [0.1, 0.15) is 28.2 Å². The lowest BCUT2D eigenvalue weighted by Crippen LogP contribution is -2.10. The molecule has 0 saturated carbocycles. The molecule has 4 rings (SSSR count). The van der Waals surface area contributed by atoms with Gasteiger partial charge in [-0.2, -0.15) is 0 Å². The quantitative estimate of drug-likeness (QED) is 0.728. The minimum absolute atomic E-state index is 0.0207. The molecule has 0 radical (unpaired) electrons. The first-order chi connectivity index (χ1) is 12.1. The Bertz CT molecular complexity index is 1070. The van der Waals surface area contributed by atoms with Crippen molar-refractivity contribution in [1.29, 1.82) is 0 Å². The lowest BCUT2D eigenvalue weighted by molar-refractivity contribution is 0.373. The average molecular weight is 375 g/mol. The Kier molecular flexibility index (Phi) is 4.01. The zero-order valence-electron chi connectivity index (χ0n) is 13.4. The molecule has 0 atom stereocenters. The minimum atomic E-state index is -0.150. The van der Waals surface area contributed by atoms with Gasteiger partial charge in [-0.05, 0) is 48.6 Å². The molecule has 2 N–H and O–H groups in total. The van der Waals surface area contributed by atoms with Crippen LogP contribution in [-0.2, 0) is 12.8 Å². The van der Waals surface area contributed by atoms with Gasteiger partial charge in [0.25, 0.3) is 5.56 Å². The van der Waals surface area contributed by atoms with Gasteiger partial charge in [0.1, 0.15) is 4.83 Å². The third-order valence-corrected chi connectivity index (χ3v) is 5.77. The number of halogens is 1. The Morgan fingerprint density at radius 2 is 2.28 bits per heavy atom. The molecule has 0 amide bonds. The maximum atomic E-state index is 12.5. The van der Waals surface area contributed by atoms with Crippen LogP contribution in [0, 0.1) is 0 Å². The number of hydrogen-bond donors (Lipinski definition) is 2. The Morgan fingerprint density at radius 3 is 3.04 bits per heavy atom. The van der Waals surface area contributed by atoms with Crippen molar-refractivity contribution in [3.8, 4) is 11.5 Å².